The van der Waals surface area contributed by atoms with E-state index in [-0.39, 0.29) is 30.1 Å². The number of para-hydroxylation sites is 1. The summed E-state index contributed by atoms with van der Waals surface area (Å²) in [6.07, 6.45) is 0.126. The summed E-state index contributed by atoms with van der Waals surface area (Å²) < 4.78 is 10.3. The maximum Gasteiger partial charge on any atom is 0.307 e. The lowest BCUT2D eigenvalue weighted by atomic mass is 10.1. The summed E-state index contributed by atoms with van der Waals surface area (Å²) in [5.74, 6) is -0.393. The molecule has 1 heterocycles. The van der Waals surface area contributed by atoms with Gasteiger partial charge < -0.3 is 14.5 Å². The van der Waals surface area contributed by atoms with Crippen LogP contribution in [-0.2, 0) is 9.53 Å². The van der Waals surface area contributed by atoms with E-state index < -0.39 is 0 Å². The van der Waals surface area contributed by atoms with Crippen molar-refractivity contribution in [1.29, 1.82) is 0 Å². The third kappa shape index (κ3) is 3.07. The van der Waals surface area contributed by atoms with Crippen molar-refractivity contribution in [2.75, 3.05) is 7.11 Å². The molecule has 0 aliphatic carbocycles. The summed E-state index contributed by atoms with van der Waals surface area (Å²) in [6.45, 7) is 5.54. The Morgan fingerprint density at radius 3 is 2.67 bits per heavy atom. The zero-order chi connectivity index (χ0) is 15.6. The molecule has 2 rings (SSSR count). The second-order valence-electron chi connectivity index (χ2n) is 5.16. The fourth-order valence-electron chi connectivity index (χ4n) is 2.27. The number of benzene rings is 1. The number of methoxy groups -OCH3 is 1. The molecule has 0 aliphatic heterocycles. The van der Waals surface area contributed by atoms with E-state index in [4.69, 9.17) is 4.42 Å². The number of carbonyl (C=O) groups excluding carboxylic acids is 2. The first-order chi connectivity index (χ1) is 9.93. The maximum absolute atomic E-state index is 12.3. The number of carbonyl (C=O) groups is 2. The van der Waals surface area contributed by atoms with E-state index in [2.05, 4.69) is 10.1 Å². The molecule has 1 unspecified atom stereocenters. The quantitative estimate of drug-likeness (QED) is 0.879. The van der Waals surface area contributed by atoms with Crippen LogP contribution in [0.3, 0.4) is 0 Å². The zero-order valence-electron chi connectivity index (χ0n) is 12.6. The Morgan fingerprint density at radius 2 is 2.05 bits per heavy atom. The van der Waals surface area contributed by atoms with E-state index >= 15 is 0 Å². The first-order valence-electron chi connectivity index (χ1n) is 6.80. The van der Waals surface area contributed by atoms with Gasteiger partial charge in [-0.2, -0.15) is 0 Å². The van der Waals surface area contributed by atoms with Crippen molar-refractivity contribution in [2.45, 2.75) is 33.2 Å². The van der Waals surface area contributed by atoms with Crippen LogP contribution in [0.4, 0.5) is 0 Å². The van der Waals surface area contributed by atoms with Crippen LogP contribution < -0.4 is 5.32 Å². The molecule has 0 spiro atoms. The van der Waals surface area contributed by atoms with E-state index in [1.807, 2.05) is 32.0 Å². The summed E-state index contributed by atoms with van der Waals surface area (Å²) in [6, 6.07) is 5.48. The third-order valence-electron chi connectivity index (χ3n) is 3.44. The van der Waals surface area contributed by atoms with Gasteiger partial charge in [0, 0.05) is 17.0 Å². The van der Waals surface area contributed by atoms with Crippen molar-refractivity contribution in [3.63, 3.8) is 0 Å². The van der Waals surface area contributed by atoms with E-state index in [1.165, 1.54) is 7.11 Å². The minimum absolute atomic E-state index is 0.126. The van der Waals surface area contributed by atoms with Crippen molar-refractivity contribution in [2.24, 2.45) is 0 Å². The summed E-state index contributed by atoms with van der Waals surface area (Å²) in [5, 5.41) is 3.68. The Balaban J connectivity index is 2.22. The number of esters is 1. The molecule has 1 N–H and O–H groups in total. The van der Waals surface area contributed by atoms with Gasteiger partial charge >= 0.3 is 5.97 Å². The molecule has 21 heavy (non-hydrogen) atoms. The SMILES string of the molecule is COC(=O)CC(C)NC(=O)c1oc2c(C)cccc2c1C. The molecule has 5 heteroatoms. The molecule has 0 fully saturated rings. The van der Waals surface area contributed by atoms with Gasteiger partial charge in [-0.3, -0.25) is 9.59 Å². The van der Waals surface area contributed by atoms with Gasteiger partial charge in [0.15, 0.2) is 5.76 Å². The molecule has 2 aromatic rings. The maximum atomic E-state index is 12.3. The highest BCUT2D eigenvalue weighted by atomic mass is 16.5. The normalized spacial score (nSPS) is 12.2. The fourth-order valence-corrected chi connectivity index (χ4v) is 2.27. The second-order valence-corrected chi connectivity index (χ2v) is 5.16. The molecule has 0 bridgehead atoms. The number of rotatable bonds is 4. The number of hydrogen-bond acceptors (Lipinski definition) is 4. The second kappa shape index (κ2) is 5.99. The largest absolute Gasteiger partial charge is 0.469 e. The van der Waals surface area contributed by atoms with Crippen molar-refractivity contribution >= 4 is 22.8 Å². The number of aryl methyl sites for hydroxylation is 2. The first kappa shape index (κ1) is 15.1. The Bertz CT molecular complexity index is 687. The molecule has 0 saturated heterocycles. The van der Waals surface area contributed by atoms with Gasteiger partial charge in [-0.1, -0.05) is 18.2 Å². The minimum Gasteiger partial charge on any atom is -0.469 e. The molecule has 0 saturated carbocycles. The number of ether oxygens (including phenoxy) is 1. The van der Waals surface area contributed by atoms with Gasteiger partial charge in [-0.05, 0) is 26.3 Å². The molecular weight excluding hydrogens is 270 g/mol. The monoisotopic (exact) mass is 289 g/mol. The molecule has 1 atom stereocenters. The van der Waals surface area contributed by atoms with E-state index in [0.29, 0.717) is 0 Å². The lowest BCUT2D eigenvalue weighted by Gasteiger charge is -2.11. The van der Waals surface area contributed by atoms with Crippen LogP contribution in [0.2, 0.25) is 0 Å². The van der Waals surface area contributed by atoms with Crippen LogP contribution in [-0.4, -0.2) is 25.0 Å². The Hall–Kier alpha value is -2.30. The zero-order valence-corrected chi connectivity index (χ0v) is 12.6. The van der Waals surface area contributed by atoms with Gasteiger partial charge in [0.1, 0.15) is 5.58 Å². The van der Waals surface area contributed by atoms with Gasteiger partial charge in [0.25, 0.3) is 5.91 Å². The van der Waals surface area contributed by atoms with Crippen LogP contribution in [0.5, 0.6) is 0 Å². The number of hydrogen-bond donors (Lipinski definition) is 1. The van der Waals surface area contributed by atoms with Crippen molar-refractivity contribution < 1.29 is 18.7 Å². The van der Waals surface area contributed by atoms with Crippen LogP contribution in [0.1, 0.15) is 35.0 Å². The predicted molar refractivity (Wildman–Crippen MR) is 79.2 cm³/mol. The molecular formula is C16H19NO4. The van der Waals surface area contributed by atoms with Crippen LogP contribution in [0, 0.1) is 13.8 Å². The first-order valence-corrected chi connectivity index (χ1v) is 6.80. The lowest BCUT2D eigenvalue weighted by Crippen LogP contribution is -2.34. The highest BCUT2D eigenvalue weighted by Gasteiger charge is 2.20. The van der Waals surface area contributed by atoms with Crippen LogP contribution in [0.25, 0.3) is 11.0 Å². The molecule has 112 valence electrons. The average Bonchev–Trinajstić information content (AvgIpc) is 2.77. The Kier molecular flexibility index (Phi) is 4.31. The number of furan rings is 1. The molecule has 0 aliphatic rings. The molecule has 5 nitrogen and oxygen atoms in total. The standard InChI is InChI=1S/C16H19NO4/c1-9-6-5-7-12-11(3)15(21-14(9)12)16(19)17-10(2)8-13(18)20-4/h5-7,10H,8H2,1-4H3,(H,17,19). The summed E-state index contributed by atoms with van der Waals surface area (Å²) in [7, 11) is 1.32. The molecule has 1 aromatic carbocycles. The minimum atomic E-state index is -0.361. The van der Waals surface area contributed by atoms with E-state index in [0.717, 1.165) is 22.1 Å². The number of nitrogens with one attached hydrogen (secondary N) is 1. The van der Waals surface area contributed by atoms with Crippen molar-refractivity contribution in [3.05, 3.63) is 35.1 Å². The summed E-state index contributed by atoms with van der Waals surface area (Å²) >= 11 is 0. The predicted octanol–water partition coefficient (Wildman–Crippen LogP) is 2.73. The summed E-state index contributed by atoms with van der Waals surface area (Å²) in [5.41, 5.74) is 2.51. The number of fused-ring (bicyclic) bond motifs is 1. The summed E-state index contributed by atoms with van der Waals surface area (Å²) in [4.78, 5) is 23.5. The highest BCUT2D eigenvalue weighted by molar-refractivity contribution is 5.99. The van der Waals surface area contributed by atoms with Gasteiger partial charge in [-0.25, -0.2) is 0 Å². The van der Waals surface area contributed by atoms with E-state index in [9.17, 15) is 9.59 Å². The van der Waals surface area contributed by atoms with Gasteiger partial charge in [-0.15, -0.1) is 0 Å². The lowest BCUT2D eigenvalue weighted by molar-refractivity contribution is -0.141. The molecule has 1 amide bonds. The molecule has 0 radical (unpaired) electrons. The average molecular weight is 289 g/mol. The third-order valence-corrected chi connectivity index (χ3v) is 3.44. The molecule has 1 aromatic heterocycles. The highest BCUT2D eigenvalue weighted by Crippen LogP contribution is 2.27. The Labute approximate surface area is 123 Å². The van der Waals surface area contributed by atoms with Crippen LogP contribution in [0.15, 0.2) is 22.6 Å². The van der Waals surface area contributed by atoms with Crippen molar-refractivity contribution in [3.8, 4) is 0 Å². The Morgan fingerprint density at radius 1 is 1.33 bits per heavy atom. The van der Waals surface area contributed by atoms with Crippen molar-refractivity contribution in [1.82, 2.24) is 5.32 Å². The van der Waals surface area contributed by atoms with Crippen LogP contribution >= 0.6 is 0 Å². The van der Waals surface area contributed by atoms with E-state index in [1.54, 1.807) is 6.92 Å². The van der Waals surface area contributed by atoms with Gasteiger partial charge in [0.2, 0.25) is 0 Å². The smallest absolute Gasteiger partial charge is 0.307 e. The number of amides is 1. The topological polar surface area (TPSA) is 68.5 Å². The van der Waals surface area contributed by atoms with Gasteiger partial charge in [0.05, 0.1) is 13.5 Å². The fraction of sp³-hybridized carbons (Fsp3) is 0.375.